The Bertz CT molecular complexity index is 409. The van der Waals surface area contributed by atoms with Gasteiger partial charge in [0, 0.05) is 16.6 Å². The van der Waals surface area contributed by atoms with E-state index in [0.29, 0.717) is 6.04 Å². The lowest BCUT2D eigenvalue weighted by atomic mass is 10.1. The average molecular weight is 363 g/mol. The fourth-order valence-electron chi connectivity index (χ4n) is 2.35. The molecule has 0 aliphatic heterocycles. The lowest BCUT2D eigenvalue weighted by Crippen LogP contribution is -2.15. The maximum absolute atomic E-state index is 5.32. The lowest BCUT2D eigenvalue weighted by molar-refractivity contribution is 0.412. The van der Waals surface area contributed by atoms with E-state index in [4.69, 9.17) is 4.74 Å². The molecule has 0 radical (unpaired) electrons. The molecule has 1 aliphatic carbocycles. The fraction of sp³-hybridized carbons (Fsp3) is 0.538. The molecule has 2 nitrogen and oxygen atoms in total. The maximum atomic E-state index is 5.32. The van der Waals surface area contributed by atoms with Gasteiger partial charge in [0.05, 0.1) is 17.3 Å². The van der Waals surface area contributed by atoms with Gasteiger partial charge in [0.2, 0.25) is 0 Å². The second-order valence-electron chi connectivity index (χ2n) is 4.73. The van der Waals surface area contributed by atoms with Crippen molar-refractivity contribution in [1.29, 1.82) is 0 Å². The van der Waals surface area contributed by atoms with E-state index in [9.17, 15) is 0 Å². The molecule has 1 aromatic rings. The van der Waals surface area contributed by atoms with Gasteiger partial charge in [-0.2, -0.15) is 0 Å². The third-order valence-corrected chi connectivity index (χ3v) is 4.57. The summed E-state index contributed by atoms with van der Waals surface area (Å²) in [5.74, 6) is 1.70. The molecule has 1 aromatic carbocycles. The van der Waals surface area contributed by atoms with Crippen molar-refractivity contribution in [2.45, 2.75) is 32.2 Å². The normalized spacial score (nSPS) is 23.8. The van der Waals surface area contributed by atoms with Crippen molar-refractivity contribution < 1.29 is 4.74 Å². The zero-order chi connectivity index (χ0) is 12.4. The molecule has 0 bridgehead atoms. The van der Waals surface area contributed by atoms with Crippen LogP contribution in [-0.4, -0.2) is 13.2 Å². The van der Waals surface area contributed by atoms with Gasteiger partial charge in [-0.25, -0.2) is 0 Å². The molecule has 1 fully saturated rings. The van der Waals surface area contributed by atoms with Crippen LogP contribution in [0.2, 0.25) is 0 Å². The lowest BCUT2D eigenvalue weighted by Gasteiger charge is -2.17. The Morgan fingerprint density at radius 3 is 2.59 bits per heavy atom. The first-order valence-corrected chi connectivity index (χ1v) is 7.48. The third kappa shape index (κ3) is 3.16. The average Bonchev–Trinajstić information content (AvgIpc) is 2.68. The largest absolute Gasteiger partial charge is 0.495 e. The molecule has 2 unspecified atom stereocenters. The molecule has 4 heteroatoms. The summed E-state index contributed by atoms with van der Waals surface area (Å²) >= 11 is 7.07. The van der Waals surface area contributed by atoms with E-state index >= 15 is 0 Å². The van der Waals surface area contributed by atoms with E-state index < -0.39 is 0 Å². The van der Waals surface area contributed by atoms with Crippen molar-refractivity contribution in [3.05, 3.63) is 21.1 Å². The topological polar surface area (TPSA) is 21.3 Å². The first kappa shape index (κ1) is 13.2. The number of anilines is 1. The van der Waals surface area contributed by atoms with Crippen LogP contribution >= 0.6 is 31.9 Å². The summed E-state index contributed by atoms with van der Waals surface area (Å²) in [6, 6.07) is 4.66. The number of ether oxygens (including phenoxy) is 1. The van der Waals surface area contributed by atoms with Gasteiger partial charge in [-0.1, -0.05) is 6.92 Å². The van der Waals surface area contributed by atoms with E-state index in [-0.39, 0.29) is 0 Å². The second-order valence-corrected chi connectivity index (χ2v) is 6.43. The van der Waals surface area contributed by atoms with Crippen LogP contribution in [0.4, 0.5) is 5.69 Å². The van der Waals surface area contributed by atoms with Crippen LogP contribution in [0, 0.1) is 5.92 Å². The van der Waals surface area contributed by atoms with Gasteiger partial charge in [0.15, 0.2) is 0 Å². The van der Waals surface area contributed by atoms with E-state index in [1.165, 1.54) is 19.3 Å². The van der Waals surface area contributed by atoms with Crippen LogP contribution < -0.4 is 10.1 Å². The maximum Gasteiger partial charge on any atom is 0.135 e. The van der Waals surface area contributed by atoms with Crippen molar-refractivity contribution in [3.63, 3.8) is 0 Å². The van der Waals surface area contributed by atoms with Crippen LogP contribution in [0.5, 0.6) is 5.75 Å². The van der Waals surface area contributed by atoms with Crippen molar-refractivity contribution in [2.75, 3.05) is 12.4 Å². The second kappa shape index (κ2) is 5.61. The zero-order valence-electron chi connectivity index (χ0n) is 10.1. The summed E-state index contributed by atoms with van der Waals surface area (Å²) < 4.78 is 7.36. The van der Waals surface area contributed by atoms with Gasteiger partial charge < -0.3 is 10.1 Å². The standard InChI is InChI=1S/C13H17Br2NO/c1-8-3-4-9(5-8)16-12-7-13(17-2)11(15)6-10(12)14/h6-9,16H,3-5H2,1-2H3. The molecule has 0 saturated heterocycles. The zero-order valence-corrected chi connectivity index (χ0v) is 13.3. The smallest absolute Gasteiger partial charge is 0.135 e. The molecule has 94 valence electrons. The number of hydrogen-bond acceptors (Lipinski definition) is 2. The number of hydrogen-bond donors (Lipinski definition) is 1. The highest BCUT2D eigenvalue weighted by Gasteiger charge is 2.21. The number of nitrogens with one attached hydrogen (secondary N) is 1. The molecule has 1 N–H and O–H groups in total. The molecule has 0 amide bonds. The first-order chi connectivity index (χ1) is 8.10. The Labute approximate surface area is 119 Å². The highest BCUT2D eigenvalue weighted by Crippen LogP contribution is 2.36. The Hall–Kier alpha value is -0.220. The fourth-order valence-corrected chi connectivity index (χ4v) is 3.62. The van der Waals surface area contributed by atoms with Crippen molar-refractivity contribution in [3.8, 4) is 5.75 Å². The summed E-state index contributed by atoms with van der Waals surface area (Å²) in [5.41, 5.74) is 1.11. The van der Waals surface area contributed by atoms with Gasteiger partial charge in [-0.3, -0.25) is 0 Å². The predicted octanol–water partition coefficient (Wildman–Crippen LogP) is 4.82. The SMILES string of the molecule is COc1cc(NC2CCC(C)C2)c(Br)cc1Br. The van der Waals surface area contributed by atoms with Gasteiger partial charge in [0.1, 0.15) is 5.75 Å². The van der Waals surface area contributed by atoms with Crippen molar-refractivity contribution in [2.24, 2.45) is 5.92 Å². The monoisotopic (exact) mass is 361 g/mol. The summed E-state index contributed by atoms with van der Waals surface area (Å²) in [6.45, 7) is 2.32. The van der Waals surface area contributed by atoms with Crippen LogP contribution in [0.25, 0.3) is 0 Å². The third-order valence-electron chi connectivity index (χ3n) is 3.30. The van der Waals surface area contributed by atoms with E-state index in [1.54, 1.807) is 7.11 Å². The molecule has 2 atom stereocenters. The van der Waals surface area contributed by atoms with Gasteiger partial charge in [-0.15, -0.1) is 0 Å². The summed E-state index contributed by atoms with van der Waals surface area (Å²) in [5, 5.41) is 3.59. The van der Waals surface area contributed by atoms with Crippen LogP contribution in [-0.2, 0) is 0 Å². The van der Waals surface area contributed by atoms with Crippen LogP contribution in [0.3, 0.4) is 0 Å². The summed E-state index contributed by atoms with van der Waals surface area (Å²) in [6.07, 6.45) is 3.83. The molecule has 2 rings (SSSR count). The van der Waals surface area contributed by atoms with Gasteiger partial charge >= 0.3 is 0 Å². The van der Waals surface area contributed by atoms with Gasteiger partial charge in [0.25, 0.3) is 0 Å². The molecular weight excluding hydrogens is 346 g/mol. The minimum atomic E-state index is 0.590. The number of benzene rings is 1. The van der Waals surface area contributed by atoms with Crippen molar-refractivity contribution in [1.82, 2.24) is 0 Å². The number of halogens is 2. The molecular formula is C13H17Br2NO. The van der Waals surface area contributed by atoms with E-state index in [0.717, 1.165) is 26.3 Å². The Morgan fingerprint density at radius 2 is 2.00 bits per heavy atom. The minimum absolute atomic E-state index is 0.590. The predicted molar refractivity (Wildman–Crippen MR) is 78.8 cm³/mol. The quantitative estimate of drug-likeness (QED) is 0.832. The van der Waals surface area contributed by atoms with Crippen LogP contribution in [0.15, 0.2) is 21.1 Å². The van der Waals surface area contributed by atoms with Crippen LogP contribution in [0.1, 0.15) is 26.2 Å². The minimum Gasteiger partial charge on any atom is -0.495 e. The molecule has 0 heterocycles. The summed E-state index contributed by atoms with van der Waals surface area (Å²) in [4.78, 5) is 0. The van der Waals surface area contributed by atoms with Crippen molar-refractivity contribution >= 4 is 37.5 Å². The number of methoxy groups -OCH3 is 1. The first-order valence-electron chi connectivity index (χ1n) is 5.89. The highest BCUT2D eigenvalue weighted by atomic mass is 79.9. The molecule has 0 aromatic heterocycles. The Kier molecular flexibility index (Phi) is 4.36. The van der Waals surface area contributed by atoms with Gasteiger partial charge in [-0.05, 0) is 63.1 Å². The Balaban J connectivity index is 2.15. The molecule has 1 saturated carbocycles. The Morgan fingerprint density at radius 1 is 1.24 bits per heavy atom. The summed E-state index contributed by atoms with van der Waals surface area (Å²) in [7, 11) is 1.69. The molecule has 0 spiro atoms. The highest BCUT2D eigenvalue weighted by molar-refractivity contribution is 9.11. The van der Waals surface area contributed by atoms with E-state index in [1.807, 2.05) is 12.1 Å². The number of rotatable bonds is 3. The van der Waals surface area contributed by atoms with E-state index in [2.05, 4.69) is 44.1 Å². The molecule has 1 aliphatic rings. The molecule has 17 heavy (non-hydrogen) atoms.